The molecule has 3 fully saturated rings. The number of hydrogen-bond donors (Lipinski definition) is 2. The van der Waals surface area contributed by atoms with E-state index in [0.29, 0.717) is 27.4 Å². The number of hydrogen-bond acceptors (Lipinski definition) is 7. The zero-order valence-electron chi connectivity index (χ0n) is 21.7. The van der Waals surface area contributed by atoms with E-state index in [4.69, 9.17) is 21.1 Å². The zero-order chi connectivity index (χ0) is 28.2. The first-order valence-electron chi connectivity index (χ1n) is 13.4. The number of thiophene rings is 1. The lowest BCUT2D eigenvalue weighted by Gasteiger charge is -2.42. The maximum absolute atomic E-state index is 13.8. The molecular formula is C27H31ClF2N4O5S. The van der Waals surface area contributed by atoms with Crippen molar-refractivity contribution in [3.8, 4) is 5.75 Å². The van der Waals surface area contributed by atoms with Gasteiger partial charge in [-0.2, -0.15) is 8.78 Å². The van der Waals surface area contributed by atoms with E-state index in [1.165, 1.54) is 17.0 Å². The first kappa shape index (κ1) is 28.7. The molecule has 1 aromatic heterocycles. The van der Waals surface area contributed by atoms with Crippen LogP contribution in [0.2, 0.25) is 4.34 Å². The molecule has 3 aliphatic rings. The van der Waals surface area contributed by atoms with Gasteiger partial charge in [-0.05, 0) is 55.9 Å². The Morgan fingerprint density at radius 3 is 2.62 bits per heavy atom. The number of nitrogens with one attached hydrogen (secondary N) is 2. The Morgan fingerprint density at radius 1 is 1.20 bits per heavy atom. The Morgan fingerprint density at radius 2 is 2.00 bits per heavy atom. The SMILES string of the molecule is O=C(NC[C@H](C(=O)Nc1ccc(N2CCOCC2=O)cc1OC(F)F)N(CC1CC1)C1CCC1)c1ccc(Cl)s1. The number of nitrogens with zero attached hydrogens (tertiary/aromatic N) is 2. The van der Waals surface area contributed by atoms with Gasteiger partial charge >= 0.3 is 6.61 Å². The maximum atomic E-state index is 13.8. The van der Waals surface area contributed by atoms with Crippen LogP contribution in [0.4, 0.5) is 20.2 Å². The lowest BCUT2D eigenvalue weighted by molar-refractivity contribution is -0.125. The van der Waals surface area contributed by atoms with Crippen LogP contribution in [-0.2, 0) is 14.3 Å². The lowest BCUT2D eigenvalue weighted by Crippen LogP contribution is -2.56. The van der Waals surface area contributed by atoms with Gasteiger partial charge in [-0.3, -0.25) is 19.3 Å². The molecule has 1 aromatic carbocycles. The number of halogens is 3. The van der Waals surface area contributed by atoms with Gasteiger partial charge in [0.25, 0.3) is 11.8 Å². The van der Waals surface area contributed by atoms with Crippen molar-refractivity contribution >= 4 is 52.0 Å². The summed E-state index contributed by atoms with van der Waals surface area (Å²) in [5.41, 5.74) is 0.418. The molecule has 5 rings (SSSR count). The standard InChI is InChI=1S/C27H31ClF2N4O5S/c28-23-9-8-22(40-23)26(37)31-13-20(34(14-16-4-5-16)17-2-1-3-17)25(36)32-19-7-6-18(12-21(19)39-27(29)30)33-10-11-38-15-24(33)35/h6-9,12,16-17,20,27H,1-5,10-11,13-15H2,(H,31,37)(H,32,36)/t20-/m1/s1. The molecule has 0 unspecified atom stereocenters. The number of anilines is 2. The van der Waals surface area contributed by atoms with Crippen molar-refractivity contribution in [2.24, 2.45) is 5.92 Å². The van der Waals surface area contributed by atoms with Gasteiger partial charge in [0.05, 0.1) is 21.5 Å². The molecule has 40 heavy (non-hydrogen) atoms. The highest BCUT2D eigenvalue weighted by atomic mass is 35.5. The number of amides is 3. The predicted molar refractivity (Wildman–Crippen MR) is 147 cm³/mol. The molecule has 3 amide bonds. The molecular weight excluding hydrogens is 566 g/mol. The van der Waals surface area contributed by atoms with Crippen molar-refractivity contribution in [3.63, 3.8) is 0 Å². The summed E-state index contributed by atoms with van der Waals surface area (Å²) in [4.78, 5) is 42.9. The lowest BCUT2D eigenvalue weighted by atomic mass is 9.89. The van der Waals surface area contributed by atoms with Crippen molar-refractivity contribution < 1.29 is 32.6 Å². The number of carbonyl (C=O) groups excluding carboxylic acids is 3. The van der Waals surface area contributed by atoms with Crippen molar-refractivity contribution in [1.29, 1.82) is 0 Å². The minimum Gasteiger partial charge on any atom is -0.433 e. The van der Waals surface area contributed by atoms with Gasteiger partial charge in [0, 0.05) is 37.4 Å². The fraction of sp³-hybridized carbons (Fsp3) is 0.519. The summed E-state index contributed by atoms with van der Waals surface area (Å²) >= 11 is 7.13. The van der Waals surface area contributed by atoms with E-state index in [1.807, 2.05) is 0 Å². The summed E-state index contributed by atoms with van der Waals surface area (Å²) in [6.45, 7) is -1.89. The van der Waals surface area contributed by atoms with Crippen LogP contribution in [0.15, 0.2) is 30.3 Å². The number of benzene rings is 1. The molecule has 9 nitrogen and oxygen atoms in total. The molecule has 2 aromatic rings. The minimum atomic E-state index is -3.14. The van der Waals surface area contributed by atoms with Crippen LogP contribution in [-0.4, -0.2) is 74.2 Å². The van der Waals surface area contributed by atoms with E-state index in [-0.39, 0.29) is 49.0 Å². The van der Waals surface area contributed by atoms with Crippen molar-refractivity contribution in [2.75, 3.05) is 43.1 Å². The molecule has 2 saturated carbocycles. The van der Waals surface area contributed by atoms with E-state index in [2.05, 4.69) is 15.5 Å². The summed E-state index contributed by atoms with van der Waals surface area (Å²) in [5.74, 6) is -0.841. The summed E-state index contributed by atoms with van der Waals surface area (Å²) in [6.07, 6.45) is 5.14. The van der Waals surface area contributed by atoms with Gasteiger partial charge in [-0.25, -0.2) is 0 Å². The van der Waals surface area contributed by atoms with E-state index in [9.17, 15) is 23.2 Å². The maximum Gasteiger partial charge on any atom is 0.387 e. The van der Waals surface area contributed by atoms with Crippen LogP contribution < -0.4 is 20.3 Å². The van der Waals surface area contributed by atoms with Gasteiger partial charge in [-0.15, -0.1) is 11.3 Å². The first-order valence-corrected chi connectivity index (χ1v) is 14.5. The second-order valence-corrected chi connectivity index (χ2v) is 11.9. The normalized spacial score (nSPS) is 18.5. The third kappa shape index (κ3) is 7.09. The van der Waals surface area contributed by atoms with Crippen LogP contribution >= 0.6 is 22.9 Å². The average Bonchev–Trinajstić information content (AvgIpc) is 3.60. The molecule has 1 atom stereocenters. The van der Waals surface area contributed by atoms with Crippen LogP contribution in [0.25, 0.3) is 0 Å². The Bertz CT molecular complexity index is 1240. The van der Waals surface area contributed by atoms with Crippen LogP contribution in [0, 0.1) is 5.92 Å². The number of ether oxygens (including phenoxy) is 2. The molecule has 1 aliphatic heterocycles. The van der Waals surface area contributed by atoms with E-state index < -0.39 is 18.6 Å². The van der Waals surface area contributed by atoms with Gasteiger partial charge in [0.1, 0.15) is 12.6 Å². The second kappa shape index (κ2) is 12.8. The van der Waals surface area contributed by atoms with Gasteiger partial charge in [0.15, 0.2) is 5.75 Å². The molecule has 2 N–H and O–H groups in total. The predicted octanol–water partition coefficient (Wildman–Crippen LogP) is 4.37. The van der Waals surface area contributed by atoms with Crippen molar-refractivity contribution in [3.05, 3.63) is 39.5 Å². The number of rotatable bonds is 12. The van der Waals surface area contributed by atoms with Crippen molar-refractivity contribution in [1.82, 2.24) is 10.2 Å². The Hall–Kier alpha value is -2.80. The molecule has 0 radical (unpaired) electrons. The highest BCUT2D eigenvalue weighted by Crippen LogP contribution is 2.36. The number of carbonyl (C=O) groups is 3. The Balaban J connectivity index is 1.37. The Labute approximate surface area is 239 Å². The van der Waals surface area contributed by atoms with Gasteiger partial charge < -0.3 is 25.0 Å². The molecule has 216 valence electrons. The summed E-state index contributed by atoms with van der Waals surface area (Å²) < 4.78 is 37.1. The average molecular weight is 597 g/mol. The first-order chi connectivity index (χ1) is 19.3. The fourth-order valence-electron chi connectivity index (χ4n) is 4.90. The van der Waals surface area contributed by atoms with E-state index in [1.54, 1.807) is 18.2 Å². The molecule has 13 heteroatoms. The Kier molecular flexibility index (Phi) is 9.19. The topological polar surface area (TPSA) is 100 Å². The molecule has 2 heterocycles. The summed E-state index contributed by atoms with van der Waals surface area (Å²) in [5, 5.41) is 5.63. The number of morpholine rings is 1. The van der Waals surface area contributed by atoms with Gasteiger partial charge in [0.2, 0.25) is 5.91 Å². The quantitative estimate of drug-likeness (QED) is 0.378. The van der Waals surface area contributed by atoms with Crippen LogP contribution in [0.3, 0.4) is 0 Å². The smallest absolute Gasteiger partial charge is 0.387 e. The molecule has 0 spiro atoms. The third-order valence-electron chi connectivity index (χ3n) is 7.40. The van der Waals surface area contributed by atoms with Gasteiger partial charge in [-0.1, -0.05) is 18.0 Å². The largest absolute Gasteiger partial charge is 0.433 e. The van der Waals surface area contributed by atoms with E-state index in [0.717, 1.165) is 50.0 Å². The summed E-state index contributed by atoms with van der Waals surface area (Å²) in [6, 6.07) is 7.07. The summed E-state index contributed by atoms with van der Waals surface area (Å²) in [7, 11) is 0. The third-order valence-corrected chi connectivity index (χ3v) is 8.63. The van der Waals surface area contributed by atoms with Crippen LogP contribution in [0.5, 0.6) is 5.75 Å². The molecule has 1 saturated heterocycles. The highest BCUT2D eigenvalue weighted by Gasteiger charge is 2.38. The fourth-order valence-corrected chi connectivity index (χ4v) is 5.86. The monoisotopic (exact) mass is 596 g/mol. The van der Waals surface area contributed by atoms with Crippen molar-refractivity contribution in [2.45, 2.75) is 50.8 Å². The molecule has 0 bridgehead atoms. The molecule has 2 aliphatic carbocycles. The second-order valence-electron chi connectivity index (χ2n) is 10.2. The van der Waals surface area contributed by atoms with E-state index >= 15 is 0 Å². The zero-order valence-corrected chi connectivity index (χ0v) is 23.3. The highest BCUT2D eigenvalue weighted by molar-refractivity contribution is 7.18. The van der Waals surface area contributed by atoms with Crippen LogP contribution in [0.1, 0.15) is 41.8 Å². The minimum absolute atomic E-state index is 0.0365. The number of alkyl halides is 2.